The van der Waals surface area contributed by atoms with E-state index in [2.05, 4.69) is 15.4 Å². The number of hydrogen-bond acceptors (Lipinski definition) is 4. The lowest BCUT2D eigenvalue weighted by atomic mass is 10.1. The van der Waals surface area contributed by atoms with Crippen LogP contribution >= 0.6 is 0 Å². The number of fused-ring (bicyclic) bond motifs is 3. The van der Waals surface area contributed by atoms with Crippen molar-refractivity contribution in [2.45, 2.75) is 38.4 Å². The van der Waals surface area contributed by atoms with E-state index in [-0.39, 0.29) is 18.2 Å². The normalized spacial score (nSPS) is 14.2. The molecule has 0 atom stereocenters. The van der Waals surface area contributed by atoms with Gasteiger partial charge in [0.05, 0.1) is 11.1 Å². The lowest BCUT2D eigenvalue weighted by molar-refractivity contribution is -0.137. The zero-order chi connectivity index (χ0) is 22.6. The molecular formula is C22H18F3N5O2. The maximum absolute atomic E-state index is 13.2. The third-order valence-electron chi connectivity index (χ3n) is 5.44. The number of nitrogens with zero attached hydrogens (tertiary/aromatic N) is 4. The van der Waals surface area contributed by atoms with Crippen LogP contribution < -0.4 is 11.0 Å². The summed E-state index contributed by atoms with van der Waals surface area (Å²) in [7, 11) is 0. The Morgan fingerprint density at radius 3 is 2.69 bits per heavy atom. The summed E-state index contributed by atoms with van der Waals surface area (Å²) in [6.07, 6.45) is -2.58. The van der Waals surface area contributed by atoms with Gasteiger partial charge < -0.3 is 5.32 Å². The molecule has 1 fully saturated rings. The number of rotatable bonds is 4. The number of halogens is 3. The van der Waals surface area contributed by atoms with Gasteiger partial charge in [0, 0.05) is 17.0 Å². The molecule has 32 heavy (non-hydrogen) atoms. The number of aromatic nitrogens is 4. The quantitative estimate of drug-likeness (QED) is 0.521. The molecule has 7 nitrogen and oxygen atoms in total. The topological polar surface area (TPSA) is 81.3 Å². The van der Waals surface area contributed by atoms with Crippen LogP contribution in [0.2, 0.25) is 0 Å². The van der Waals surface area contributed by atoms with E-state index in [9.17, 15) is 22.8 Å². The highest BCUT2D eigenvalue weighted by Crippen LogP contribution is 2.38. The summed E-state index contributed by atoms with van der Waals surface area (Å²) in [5.74, 6) is 0.220. The van der Waals surface area contributed by atoms with Crippen molar-refractivity contribution in [2.24, 2.45) is 0 Å². The van der Waals surface area contributed by atoms with Crippen LogP contribution in [0.25, 0.3) is 16.6 Å². The Balaban J connectivity index is 1.54. The molecule has 0 bridgehead atoms. The Morgan fingerprint density at radius 1 is 1.19 bits per heavy atom. The molecule has 0 spiro atoms. The Labute approximate surface area is 179 Å². The largest absolute Gasteiger partial charge is 0.416 e. The molecule has 5 rings (SSSR count). The second-order valence-electron chi connectivity index (χ2n) is 8.00. The number of aryl methyl sites for hydroxylation is 1. The van der Waals surface area contributed by atoms with E-state index in [1.54, 1.807) is 6.07 Å². The standard InChI is InChI=1S/C22H18F3N5O2/c1-12-5-8-17-16(9-12)20-27-19(13-6-7-13)28-30(20)21(32)29(17)11-18(31)26-15-4-2-3-14(10-15)22(23,24)25/h2-5,8-10,13H,6-7,11H2,1H3,(H,26,31). The van der Waals surface area contributed by atoms with Gasteiger partial charge in [-0.3, -0.25) is 9.36 Å². The summed E-state index contributed by atoms with van der Waals surface area (Å²) < 4.78 is 41.3. The molecule has 1 N–H and O–H groups in total. The molecule has 0 saturated heterocycles. The van der Waals surface area contributed by atoms with Crippen LogP contribution in [0.4, 0.5) is 18.9 Å². The number of alkyl halides is 3. The first-order valence-corrected chi connectivity index (χ1v) is 10.1. The third kappa shape index (κ3) is 3.61. The van der Waals surface area contributed by atoms with Crippen LogP contribution in [0.3, 0.4) is 0 Å². The molecule has 1 aliphatic carbocycles. The van der Waals surface area contributed by atoms with E-state index in [4.69, 9.17) is 0 Å². The lowest BCUT2D eigenvalue weighted by Gasteiger charge is -2.13. The minimum atomic E-state index is -4.52. The molecule has 164 valence electrons. The first kappa shape index (κ1) is 20.2. The number of nitrogens with one attached hydrogen (secondary N) is 1. The van der Waals surface area contributed by atoms with Crippen molar-refractivity contribution in [3.05, 3.63) is 69.9 Å². The maximum Gasteiger partial charge on any atom is 0.416 e. The van der Waals surface area contributed by atoms with Crippen LogP contribution in [0, 0.1) is 6.92 Å². The number of hydrogen-bond donors (Lipinski definition) is 1. The van der Waals surface area contributed by atoms with Crippen LogP contribution in [0.1, 0.15) is 35.7 Å². The Morgan fingerprint density at radius 2 is 1.97 bits per heavy atom. The predicted octanol–water partition coefficient (Wildman–Crippen LogP) is 3.89. The van der Waals surface area contributed by atoms with Gasteiger partial charge in [-0.05, 0) is 50.1 Å². The van der Waals surface area contributed by atoms with Gasteiger partial charge in [-0.25, -0.2) is 9.78 Å². The Kier molecular flexibility index (Phi) is 4.54. The summed E-state index contributed by atoms with van der Waals surface area (Å²) in [5, 5.41) is 7.48. The maximum atomic E-state index is 13.2. The predicted molar refractivity (Wildman–Crippen MR) is 112 cm³/mol. The van der Waals surface area contributed by atoms with Gasteiger partial charge >= 0.3 is 11.9 Å². The summed E-state index contributed by atoms with van der Waals surface area (Å²) in [5.41, 5.74) is 0.483. The Hall–Kier alpha value is -3.69. The molecule has 1 amide bonds. The molecule has 4 aromatic rings. The number of amides is 1. The molecule has 2 aromatic heterocycles. The third-order valence-corrected chi connectivity index (χ3v) is 5.44. The molecule has 0 aliphatic heterocycles. The highest BCUT2D eigenvalue weighted by Gasteiger charge is 2.31. The molecule has 2 heterocycles. The zero-order valence-corrected chi connectivity index (χ0v) is 17.0. The molecule has 1 aliphatic rings. The molecule has 0 radical (unpaired) electrons. The number of carbonyl (C=O) groups excluding carboxylic acids is 1. The van der Waals surface area contributed by atoms with Crippen molar-refractivity contribution in [3.8, 4) is 0 Å². The molecule has 2 aromatic carbocycles. The first-order chi connectivity index (χ1) is 15.2. The molecule has 0 unspecified atom stereocenters. The van der Waals surface area contributed by atoms with Crippen molar-refractivity contribution in [1.82, 2.24) is 19.2 Å². The molecular weight excluding hydrogens is 423 g/mol. The highest BCUT2D eigenvalue weighted by molar-refractivity contribution is 5.95. The van der Waals surface area contributed by atoms with Crippen LogP contribution in [0.15, 0.2) is 47.3 Å². The zero-order valence-electron chi connectivity index (χ0n) is 17.0. The van der Waals surface area contributed by atoms with Gasteiger partial charge in [0.25, 0.3) is 0 Å². The van der Waals surface area contributed by atoms with Crippen molar-refractivity contribution in [1.29, 1.82) is 0 Å². The fourth-order valence-electron chi connectivity index (χ4n) is 3.70. The van der Waals surface area contributed by atoms with Crippen LogP contribution in [0.5, 0.6) is 0 Å². The lowest BCUT2D eigenvalue weighted by Crippen LogP contribution is -2.32. The SMILES string of the molecule is Cc1ccc2c(c1)c1nc(C3CC3)nn1c(=O)n2CC(=O)Nc1cccc(C(F)(F)F)c1. The average molecular weight is 441 g/mol. The van der Waals surface area contributed by atoms with Gasteiger partial charge in [0.15, 0.2) is 11.5 Å². The molecule has 1 saturated carbocycles. The average Bonchev–Trinajstić information content (AvgIpc) is 3.49. The first-order valence-electron chi connectivity index (χ1n) is 10.1. The summed E-state index contributed by atoms with van der Waals surface area (Å²) >= 11 is 0. The second kappa shape index (κ2) is 7.18. The van der Waals surface area contributed by atoms with Crippen molar-refractivity contribution >= 4 is 28.1 Å². The van der Waals surface area contributed by atoms with E-state index in [0.29, 0.717) is 22.4 Å². The van der Waals surface area contributed by atoms with E-state index in [1.807, 2.05) is 19.1 Å². The van der Waals surface area contributed by atoms with Crippen molar-refractivity contribution in [2.75, 3.05) is 5.32 Å². The van der Waals surface area contributed by atoms with Crippen molar-refractivity contribution in [3.63, 3.8) is 0 Å². The van der Waals surface area contributed by atoms with E-state index >= 15 is 0 Å². The minimum Gasteiger partial charge on any atom is -0.325 e. The smallest absolute Gasteiger partial charge is 0.325 e. The highest BCUT2D eigenvalue weighted by atomic mass is 19.4. The number of benzene rings is 2. The van der Waals surface area contributed by atoms with Crippen LogP contribution in [-0.4, -0.2) is 25.1 Å². The fraction of sp³-hybridized carbons (Fsp3) is 0.273. The summed E-state index contributed by atoms with van der Waals surface area (Å²) in [6.45, 7) is 1.52. The van der Waals surface area contributed by atoms with E-state index in [1.165, 1.54) is 21.2 Å². The number of anilines is 1. The Bertz CT molecular complexity index is 1430. The second-order valence-corrected chi connectivity index (χ2v) is 8.00. The van der Waals surface area contributed by atoms with Gasteiger partial charge in [-0.15, -0.1) is 5.10 Å². The van der Waals surface area contributed by atoms with Crippen LogP contribution in [-0.2, 0) is 17.5 Å². The summed E-state index contributed by atoms with van der Waals surface area (Å²) in [6, 6.07) is 9.77. The van der Waals surface area contributed by atoms with E-state index in [0.717, 1.165) is 30.5 Å². The minimum absolute atomic E-state index is 0.00382. The van der Waals surface area contributed by atoms with E-state index < -0.39 is 23.3 Å². The fourth-order valence-corrected chi connectivity index (χ4v) is 3.70. The van der Waals surface area contributed by atoms with Gasteiger partial charge in [0.2, 0.25) is 5.91 Å². The summed E-state index contributed by atoms with van der Waals surface area (Å²) in [4.78, 5) is 30.4. The van der Waals surface area contributed by atoms with Crippen molar-refractivity contribution < 1.29 is 18.0 Å². The molecule has 10 heteroatoms. The van der Waals surface area contributed by atoms with Gasteiger partial charge in [0.1, 0.15) is 6.54 Å². The van der Waals surface area contributed by atoms with Gasteiger partial charge in [-0.2, -0.15) is 17.7 Å². The monoisotopic (exact) mass is 441 g/mol. The number of carbonyl (C=O) groups is 1. The van der Waals surface area contributed by atoms with Gasteiger partial charge in [-0.1, -0.05) is 17.7 Å².